The maximum absolute atomic E-state index is 12.5. The van der Waals surface area contributed by atoms with Crippen molar-refractivity contribution in [2.45, 2.75) is 64.3 Å². The van der Waals surface area contributed by atoms with E-state index >= 15 is 0 Å². The largest absolute Gasteiger partial charge is 0.340 e. The molecule has 0 aromatic carbocycles. The van der Waals surface area contributed by atoms with Crippen LogP contribution < -0.4 is 10.6 Å². The molecule has 1 aliphatic heterocycles. The van der Waals surface area contributed by atoms with Gasteiger partial charge in [-0.25, -0.2) is 4.79 Å². The molecule has 0 atom stereocenters. The standard InChI is InChI=1S/C22H38N4O2/c1-16(2)15-25-5-7-26(8-6-25)20(27)3-4-23-21(28)24-22-12-17-9-18(13-22)11-19(10-17)14-22/h16-19H,3-15H2,1-2H3,(H2,23,24,28). The third-order valence-electron chi connectivity index (χ3n) is 7.39. The Labute approximate surface area is 169 Å². The molecule has 4 saturated carbocycles. The Morgan fingerprint density at radius 3 is 2.07 bits per heavy atom. The van der Waals surface area contributed by atoms with Crippen LogP contribution in [0.5, 0.6) is 0 Å². The van der Waals surface area contributed by atoms with Crippen molar-refractivity contribution in [3.05, 3.63) is 0 Å². The number of nitrogens with one attached hydrogen (secondary N) is 2. The van der Waals surface area contributed by atoms with Crippen molar-refractivity contribution >= 4 is 11.9 Å². The zero-order chi connectivity index (χ0) is 19.7. The van der Waals surface area contributed by atoms with Gasteiger partial charge >= 0.3 is 6.03 Å². The van der Waals surface area contributed by atoms with Crippen LogP contribution in [0.2, 0.25) is 0 Å². The summed E-state index contributed by atoms with van der Waals surface area (Å²) in [6.07, 6.45) is 8.01. The number of rotatable bonds is 6. The summed E-state index contributed by atoms with van der Waals surface area (Å²) in [7, 11) is 0. The fraction of sp³-hybridized carbons (Fsp3) is 0.909. The van der Waals surface area contributed by atoms with Gasteiger partial charge in [0.15, 0.2) is 0 Å². The molecule has 4 bridgehead atoms. The molecule has 0 aromatic heterocycles. The normalized spacial score (nSPS) is 34.7. The molecule has 1 saturated heterocycles. The average Bonchev–Trinajstić information content (AvgIpc) is 2.60. The van der Waals surface area contributed by atoms with Gasteiger partial charge in [-0.05, 0) is 62.2 Å². The van der Waals surface area contributed by atoms with Gasteiger partial charge in [0.25, 0.3) is 0 Å². The predicted molar refractivity (Wildman–Crippen MR) is 110 cm³/mol. The van der Waals surface area contributed by atoms with Gasteiger partial charge in [-0.15, -0.1) is 0 Å². The highest BCUT2D eigenvalue weighted by atomic mass is 16.2. The number of hydrogen-bond acceptors (Lipinski definition) is 3. The third kappa shape index (κ3) is 4.64. The minimum Gasteiger partial charge on any atom is -0.340 e. The summed E-state index contributed by atoms with van der Waals surface area (Å²) in [5.41, 5.74) is 0.0373. The van der Waals surface area contributed by atoms with E-state index in [4.69, 9.17) is 0 Å². The summed E-state index contributed by atoms with van der Waals surface area (Å²) in [5, 5.41) is 6.27. The van der Waals surface area contributed by atoms with Crippen molar-refractivity contribution < 1.29 is 9.59 Å². The Bertz CT molecular complexity index is 548. The van der Waals surface area contributed by atoms with Gasteiger partial charge in [-0.2, -0.15) is 0 Å². The Hall–Kier alpha value is -1.30. The van der Waals surface area contributed by atoms with Gasteiger partial charge < -0.3 is 15.5 Å². The second kappa shape index (κ2) is 8.21. The van der Waals surface area contributed by atoms with Crippen LogP contribution in [0, 0.1) is 23.7 Å². The van der Waals surface area contributed by atoms with Crippen molar-refractivity contribution in [1.82, 2.24) is 20.4 Å². The molecule has 0 spiro atoms. The number of carbonyl (C=O) groups excluding carboxylic acids is 2. The molecule has 0 radical (unpaired) electrons. The van der Waals surface area contributed by atoms with Gasteiger partial charge in [-0.3, -0.25) is 9.69 Å². The van der Waals surface area contributed by atoms with E-state index in [1.54, 1.807) is 0 Å². The van der Waals surface area contributed by atoms with Gasteiger partial charge in [0.1, 0.15) is 0 Å². The van der Waals surface area contributed by atoms with Crippen LogP contribution in [0.4, 0.5) is 4.79 Å². The number of urea groups is 1. The summed E-state index contributed by atoms with van der Waals surface area (Å²) in [6.45, 7) is 9.55. The van der Waals surface area contributed by atoms with Crippen LogP contribution in [0.3, 0.4) is 0 Å². The summed E-state index contributed by atoms with van der Waals surface area (Å²) in [5.74, 6) is 3.30. The molecule has 0 aromatic rings. The molecule has 0 unspecified atom stereocenters. The quantitative estimate of drug-likeness (QED) is 0.732. The van der Waals surface area contributed by atoms with E-state index in [1.165, 1.54) is 19.3 Å². The Balaban J connectivity index is 1.16. The van der Waals surface area contributed by atoms with Gasteiger partial charge in [0.05, 0.1) is 0 Å². The summed E-state index contributed by atoms with van der Waals surface area (Å²) in [4.78, 5) is 29.3. The Morgan fingerprint density at radius 1 is 0.964 bits per heavy atom. The molecule has 5 aliphatic rings. The minimum atomic E-state index is -0.0727. The Kier molecular flexibility index (Phi) is 5.86. The first-order chi connectivity index (χ1) is 13.4. The van der Waals surface area contributed by atoms with E-state index in [2.05, 4.69) is 29.4 Å². The number of amides is 3. The number of hydrogen-bond donors (Lipinski definition) is 2. The molecule has 5 fully saturated rings. The van der Waals surface area contributed by atoms with E-state index < -0.39 is 0 Å². The molecule has 5 rings (SSSR count). The molecular weight excluding hydrogens is 352 g/mol. The average molecular weight is 391 g/mol. The molecular formula is C22H38N4O2. The molecule has 3 amide bonds. The van der Waals surface area contributed by atoms with Gasteiger partial charge in [0.2, 0.25) is 5.91 Å². The number of carbonyl (C=O) groups is 2. The fourth-order valence-corrected chi connectivity index (χ4v) is 6.69. The minimum absolute atomic E-state index is 0.0373. The van der Waals surface area contributed by atoms with Crippen LogP contribution in [0.15, 0.2) is 0 Å². The molecule has 28 heavy (non-hydrogen) atoms. The zero-order valence-corrected chi connectivity index (χ0v) is 17.7. The first kappa shape index (κ1) is 20.0. The van der Waals surface area contributed by atoms with Crippen molar-refractivity contribution in [2.24, 2.45) is 23.7 Å². The highest BCUT2D eigenvalue weighted by Crippen LogP contribution is 2.55. The number of piperazine rings is 1. The Morgan fingerprint density at radius 2 is 1.54 bits per heavy atom. The SMILES string of the molecule is CC(C)CN1CCN(C(=O)CCNC(=O)NC23CC4CC(CC(C4)C2)C3)CC1. The van der Waals surface area contributed by atoms with E-state index in [9.17, 15) is 9.59 Å². The molecule has 6 heteroatoms. The summed E-state index contributed by atoms with van der Waals surface area (Å²) in [6, 6.07) is -0.0727. The van der Waals surface area contributed by atoms with Crippen LogP contribution in [0.25, 0.3) is 0 Å². The van der Waals surface area contributed by atoms with Crippen molar-refractivity contribution in [2.75, 3.05) is 39.3 Å². The lowest BCUT2D eigenvalue weighted by Gasteiger charge is -2.56. The van der Waals surface area contributed by atoms with Crippen LogP contribution >= 0.6 is 0 Å². The predicted octanol–water partition coefficient (Wildman–Crippen LogP) is 2.44. The maximum Gasteiger partial charge on any atom is 0.315 e. The zero-order valence-electron chi connectivity index (χ0n) is 17.7. The molecule has 4 aliphatic carbocycles. The van der Waals surface area contributed by atoms with Crippen LogP contribution in [-0.2, 0) is 4.79 Å². The highest BCUT2D eigenvalue weighted by Gasteiger charge is 2.51. The lowest BCUT2D eigenvalue weighted by Crippen LogP contribution is -2.61. The molecule has 2 N–H and O–H groups in total. The molecule has 158 valence electrons. The third-order valence-corrected chi connectivity index (χ3v) is 7.39. The first-order valence-corrected chi connectivity index (χ1v) is 11.5. The lowest BCUT2D eigenvalue weighted by atomic mass is 9.53. The topological polar surface area (TPSA) is 64.7 Å². The van der Waals surface area contributed by atoms with Crippen LogP contribution in [0.1, 0.15) is 58.8 Å². The second-order valence-electron chi connectivity index (χ2n) is 10.4. The number of nitrogens with zero attached hydrogens (tertiary/aromatic N) is 2. The van der Waals surface area contributed by atoms with Crippen LogP contribution in [-0.4, -0.2) is 66.5 Å². The highest BCUT2D eigenvalue weighted by molar-refractivity contribution is 5.78. The summed E-state index contributed by atoms with van der Waals surface area (Å²) < 4.78 is 0. The van der Waals surface area contributed by atoms with Crippen molar-refractivity contribution in [3.63, 3.8) is 0 Å². The van der Waals surface area contributed by atoms with Gasteiger partial charge in [-0.1, -0.05) is 13.8 Å². The molecule has 6 nitrogen and oxygen atoms in total. The van der Waals surface area contributed by atoms with E-state index in [-0.39, 0.29) is 17.5 Å². The van der Waals surface area contributed by atoms with Gasteiger partial charge in [0, 0.05) is 51.2 Å². The van der Waals surface area contributed by atoms with E-state index in [0.29, 0.717) is 18.9 Å². The maximum atomic E-state index is 12.5. The summed E-state index contributed by atoms with van der Waals surface area (Å²) >= 11 is 0. The first-order valence-electron chi connectivity index (χ1n) is 11.5. The van der Waals surface area contributed by atoms with Crippen molar-refractivity contribution in [1.29, 1.82) is 0 Å². The van der Waals surface area contributed by atoms with E-state index in [0.717, 1.165) is 69.7 Å². The van der Waals surface area contributed by atoms with E-state index in [1.807, 2.05) is 4.90 Å². The van der Waals surface area contributed by atoms with Crippen molar-refractivity contribution in [3.8, 4) is 0 Å². The fourth-order valence-electron chi connectivity index (χ4n) is 6.69. The second-order valence-corrected chi connectivity index (χ2v) is 10.4. The smallest absolute Gasteiger partial charge is 0.315 e. The molecule has 1 heterocycles. The monoisotopic (exact) mass is 390 g/mol. The lowest BCUT2D eigenvalue weighted by molar-refractivity contribution is -0.132.